The van der Waals surface area contributed by atoms with Gasteiger partial charge in [0, 0.05) is 25.3 Å². The van der Waals surface area contributed by atoms with Crippen LogP contribution >= 0.6 is 11.8 Å². The Morgan fingerprint density at radius 2 is 2.15 bits per heavy atom. The molecule has 1 amide bonds. The number of hydrogen-bond donors (Lipinski definition) is 1. The first-order valence-corrected chi connectivity index (χ1v) is 10.9. The van der Waals surface area contributed by atoms with E-state index < -0.39 is 0 Å². The fraction of sp³-hybridized carbons (Fsp3) is 0.524. The number of carbonyl (C=O) groups excluding carboxylic acids is 1. The summed E-state index contributed by atoms with van der Waals surface area (Å²) in [5, 5.41) is 3.05. The Hall–Kier alpha value is -1.59. The van der Waals surface area contributed by atoms with Gasteiger partial charge < -0.3 is 5.32 Å². The molecule has 1 N–H and O–H groups in total. The van der Waals surface area contributed by atoms with Gasteiger partial charge in [0.05, 0.1) is 12.0 Å². The minimum atomic E-state index is 0.0983. The van der Waals surface area contributed by atoms with Crippen LogP contribution in [-0.4, -0.2) is 53.8 Å². The van der Waals surface area contributed by atoms with E-state index in [1.165, 1.54) is 11.1 Å². The molecule has 4 nitrogen and oxygen atoms in total. The van der Waals surface area contributed by atoms with Gasteiger partial charge in [-0.15, -0.1) is 0 Å². The Bertz CT molecular complexity index is 700. The van der Waals surface area contributed by atoms with Crippen LogP contribution in [0.3, 0.4) is 0 Å². The van der Waals surface area contributed by atoms with Crippen molar-refractivity contribution < 1.29 is 4.79 Å². The average Bonchev–Trinajstić information content (AvgIpc) is 2.69. The SMILES string of the molecule is O=C1NC(CCCN2CC=C(c3ccccc3)CC2)=NC2CCSCC12. The van der Waals surface area contributed by atoms with E-state index in [1.54, 1.807) is 0 Å². The van der Waals surface area contributed by atoms with E-state index in [4.69, 9.17) is 4.99 Å². The highest BCUT2D eigenvalue weighted by atomic mass is 32.2. The van der Waals surface area contributed by atoms with Crippen LogP contribution < -0.4 is 5.32 Å². The predicted octanol–water partition coefficient (Wildman–Crippen LogP) is 3.21. The highest BCUT2D eigenvalue weighted by Crippen LogP contribution is 2.28. The Labute approximate surface area is 160 Å². The van der Waals surface area contributed by atoms with Crippen LogP contribution in [0.15, 0.2) is 41.4 Å². The molecule has 1 aromatic carbocycles. The molecule has 1 saturated heterocycles. The standard InChI is InChI=1S/C21H27N3OS/c25-21-18-15-26-14-10-19(18)22-20(23-21)7-4-11-24-12-8-17(9-13-24)16-5-2-1-3-6-16/h1-3,5-6,8,18-19H,4,7,9-15H2,(H,22,23,25). The van der Waals surface area contributed by atoms with Crippen molar-refractivity contribution in [2.45, 2.75) is 31.7 Å². The number of rotatable bonds is 5. The summed E-state index contributed by atoms with van der Waals surface area (Å²) in [6.07, 6.45) is 6.46. The Balaban J connectivity index is 1.25. The number of benzene rings is 1. The van der Waals surface area contributed by atoms with Crippen LogP contribution in [0.5, 0.6) is 0 Å². The van der Waals surface area contributed by atoms with Crippen molar-refractivity contribution in [3.63, 3.8) is 0 Å². The summed E-state index contributed by atoms with van der Waals surface area (Å²) < 4.78 is 0. The molecule has 0 aliphatic carbocycles. The minimum Gasteiger partial charge on any atom is -0.314 e. The van der Waals surface area contributed by atoms with E-state index in [0.29, 0.717) is 0 Å². The summed E-state index contributed by atoms with van der Waals surface area (Å²) in [5.74, 6) is 3.27. The Morgan fingerprint density at radius 1 is 1.27 bits per heavy atom. The normalized spacial score (nSPS) is 26.5. The van der Waals surface area contributed by atoms with Gasteiger partial charge in [0.25, 0.3) is 0 Å². The van der Waals surface area contributed by atoms with Crippen LogP contribution in [0.4, 0.5) is 0 Å². The topological polar surface area (TPSA) is 44.7 Å². The number of hydrogen-bond acceptors (Lipinski definition) is 4. The van der Waals surface area contributed by atoms with E-state index >= 15 is 0 Å². The molecule has 3 aliphatic rings. The number of carbonyl (C=O) groups is 1. The molecule has 26 heavy (non-hydrogen) atoms. The fourth-order valence-corrected chi connectivity index (χ4v) is 5.23. The Kier molecular flexibility index (Phi) is 5.75. The number of aliphatic imine (C=N–C) groups is 1. The van der Waals surface area contributed by atoms with Gasteiger partial charge in [-0.1, -0.05) is 36.4 Å². The zero-order valence-electron chi connectivity index (χ0n) is 15.2. The molecule has 5 heteroatoms. The minimum absolute atomic E-state index is 0.0983. The molecule has 1 aromatic rings. The fourth-order valence-electron chi connectivity index (χ4n) is 4.02. The van der Waals surface area contributed by atoms with Crippen molar-refractivity contribution >= 4 is 29.1 Å². The summed E-state index contributed by atoms with van der Waals surface area (Å²) in [4.78, 5) is 19.6. The summed E-state index contributed by atoms with van der Waals surface area (Å²) in [6.45, 7) is 3.20. The largest absolute Gasteiger partial charge is 0.314 e. The number of nitrogens with one attached hydrogen (secondary N) is 1. The molecule has 3 heterocycles. The maximum absolute atomic E-state index is 12.3. The molecule has 0 aromatic heterocycles. The smallest absolute Gasteiger partial charge is 0.231 e. The number of thioether (sulfide) groups is 1. The molecule has 0 saturated carbocycles. The lowest BCUT2D eigenvalue weighted by molar-refractivity contribution is -0.124. The van der Waals surface area contributed by atoms with Crippen LogP contribution in [0.25, 0.3) is 5.57 Å². The van der Waals surface area contributed by atoms with Crippen molar-refractivity contribution in [1.82, 2.24) is 10.2 Å². The van der Waals surface area contributed by atoms with Crippen molar-refractivity contribution in [1.29, 1.82) is 0 Å². The van der Waals surface area contributed by atoms with Gasteiger partial charge in [-0.2, -0.15) is 11.8 Å². The lowest BCUT2D eigenvalue weighted by Crippen LogP contribution is -2.48. The van der Waals surface area contributed by atoms with Gasteiger partial charge in [-0.25, -0.2) is 0 Å². The van der Waals surface area contributed by atoms with Crippen LogP contribution in [0.1, 0.15) is 31.2 Å². The van der Waals surface area contributed by atoms with Crippen molar-refractivity contribution in [2.24, 2.45) is 10.9 Å². The first kappa shape index (κ1) is 17.8. The van der Waals surface area contributed by atoms with E-state index in [0.717, 1.165) is 62.7 Å². The van der Waals surface area contributed by atoms with Crippen LogP contribution in [0, 0.1) is 5.92 Å². The number of amidine groups is 1. The summed E-state index contributed by atoms with van der Waals surface area (Å²) in [5.41, 5.74) is 2.82. The molecule has 4 rings (SSSR count). The molecule has 138 valence electrons. The maximum Gasteiger partial charge on any atom is 0.231 e. The van der Waals surface area contributed by atoms with Gasteiger partial charge in [0.1, 0.15) is 5.84 Å². The lowest BCUT2D eigenvalue weighted by atomic mass is 9.96. The molecule has 2 unspecified atom stereocenters. The third kappa shape index (κ3) is 4.21. The number of fused-ring (bicyclic) bond motifs is 1. The first-order valence-electron chi connectivity index (χ1n) is 9.72. The second-order valence-electron chi connectivity index (χ2n) is 7.35. The molecule has 0 radical (unpaired) electrons. The van der Waals surface area contributed by atoms with Gasteiger partial charge in [0.15, 0.2) is 0 Å². The predicted molar refractivity (Wildman–Crippen MR) is 110 cm³/mol. The monoisotopic (exact) mass is 369 g/mol. The van der Waals surface area contributed by atoms with Crippen molar-refractivity contribution in [3.8, 4) is 0 Å². The van der Waals surface area contributed by atoms with Crippen molar-refractivity contribution in [2.75, 3.05) is 31.1 Å². The second-order valence-corrected chi connectivity index (χ2v) is 8.50. The zero-order valence-corrected chi connectivity index (χ0v) is 16.0. The third-order valence-electron chi connectivity index (χ3n) is 5.57. The highest BCUT2D eigenvalue weighted by molar-refractivity contribution is 7.99. The lowest BCUT2D eigenvalue weighted by Gasteiger charge is -2.32. The van der Waals surface area contributed by atoms with E-state index in [2.05, 4.69) is 46.6 Å². The molecule has 2 atom stereocenters. The highest BCUT2D eigenvalue weighted by Gasteiger charge is 2.35. The third-order valence-corrected chi connectivity index (χ3v) is 6.69. The molecule has 1 fully saturated rings. The molecule has 3 aliphatic heterocycles. The number of amides is 1. The summed E-state index contributed by atoms with van der Waals surface area (Å²) in [7, 11) is 0. The van der Waals surface area contributed by atoms with Crippen molar-refractivity contribution in [3.05, 3.63) is 42.0 Å². The quantitative estimate of drug-likeness (QED) is 0.867. The van der Waals surface area contributed by atoms with Gasteiger partial charge in [-0.3, -0.25) is 14.7 Å². The summed E-state index contributed by atoms with van der Waals surface area (Å²) in [6, 6.07) is 10.9. The molecular weight excluding hydrogens is 342 g/mol. The zero-order chi connectivity index (χ0) is 17.8. The molecule has 0 spiro atoms. The maximum atomic E-state index is 12.3. The number of nitrogens with zero attached hydrogens (tertiary/aromatic N) is 2. The van der Waals surface area contributed by atoms with Crippen LogP contribution in [0.2, 0.25) is 0 Å². The summed E-state index contributed by atoms with van der Waals surface area (Å²) >= 11 is 1.88. The van der Waals surface area contributed by atoms with E-state index in [-0.39, 0.29) is 17.9 Å². The second kappa shape index (κ2) is 8.40. The van der Waals surface area contributed by atoms with Gasteiger partial charge in [0.2, 0.25) is 5.91 Å². The van der Waals surface area contributed by atoms with Gasteiger partial charge in [-0.05, 0) is 42.7 Å². The molecular formula is C21H27N3OS. The van der Waals surface area contributed by atoms with Gasteiger partial charge >= 0.3 is 0 Å². The van der Waals surface area contributed by atoms with E-state index in [9.17, 15) is 4.79 Å². The van der Waals surface area contributed by atoms with E-state index in [1.807, 2.05) is 11.8 Å². The van der Waals surface area contributed by atoms with Crippen LogP contribution in [-0.2, 0) is 4.79 Å². The average molecular weight is 370 g/mol. The Morgan fingerprint density at radius 3 is 2.96 bits per heavy atom. The molecule has 0 bridgehead atoms. The first-order chi connectivity index (χ1) is 12.8.